The Kier molecular flexibility index (Phi) is 2.80. The van der Waals surface area contributed by atoms with E-state index in [4.69, 9.17) is 0 Å². The first-order chi connectivity index (χ1) is 7.50. The largest absolute Gasteiger partial charge is 0.309 e. The summed E-state index contributed by atoms with van der Waals surface area (Å²) in [7, 11) is -3.15. The van der Waals surface area contributed by atoms with Crippen molar-refractivity contribution < 1.29 is 8.42 Å². The van der Waals surface area contributed by atoms with Crippen molar-refractivity contribution >= 4 is 9.84 Å². The quantitative estimate of drug-likeness (QED) is 0.856. The molecule has 0 radical (unpaired) electrons. The lowest BCUT2D eigenvalue weighted by Crippen LogP contribution is -2.29. The molecule has 0 bridgehead atoms. The zero-order valence-corrected chi connectivity index (χ0v) is 10.6. The zero-order valence-electron chi connectivity index (χ0n) is 9.82. The van der Waals surface area contributed by atoms with E-state index in [9.17, 15) is 8.42 Å². The number of benzene rings is 1. The van der Waals surface area contributed by atoms with Crippen LogP contribution in [0.5, 0.6) is 0 Å². The summed E-state index contributed by atoms with van der Waals surface area (Å²) in [6.07, 6.45) is 0. The van der Waals surface area contributed by atoms with Crippen LogP contribution in [0.3, 0.4) is 0 Å². The van der Waals surface area contributed by atoms with Gasteiger partial charge in [-0.2, -0.15) is 0 Å². The average molecular weight is 239 g/mol. The molecule has 1 aliphatic rings. The van der Waals surface area contributed by atoms with Gasteiger partial charge in [-0.3, -0.25) is 0 Å². The van der Waals surface area contributed by atoms with Gasteiger partial charge in [-0.25, -0.2) is 8.42 Å². The Morgan fingerprint density at radius 3 is 2.69 bits per heavy atom. The van der Waals surface area contributed by atoms with Crippen LogP contribution < -0.4 is 5.32 Å². The van der Waals surface area contributed by atoms with Crippen LogP contribution >= 0.6 is 0 Å². The van der Waals surface area contributed by atoms with Crippen LogP contribution in [0, 0.1) is 6.92 Å². The SMILES string of the molecule is CCNC1c2cccc(C)c2S(=O)(=O)C1C. The van der Waals surface area contributed by atoms with E-state index < -0.39 is 9.84 Å². The Morgan fingerprint density at radius 2 is 2.06 bits per heavy atom. The molecule has 0 fully saturated rings. The van der Waals surface area contributed by atoms with Crippen molar-refractivity contribution in [3.8, 4) is 0 Å². The molecule has 0 aromatic heterocycles. The molecule has 0 spiro atoms. The average Bonchev–Trinajstić information content (AvgIpc) is 2.41. The second-order valence-corrected chi connectivity index (χ2v) is 6.52. The van der Waals surface area contributed by atoms with Crippen LogP contribution in [0.25, 0.3) is 0 Å². The van der Waals surface area contributed by atoms with Crippen LogP contribution in [-0.4, -0.2) is 20.2 Å². The highest BCUT2D eigenvalue weighted by atomic mass is 32.2. The van der Waals surface area contributed by atoms with Gasteiger partial charge in [-0.15, -0.1) is 0 Å². The number of hydrogen-bond acceptors (Lipinski definition) is 3. The van der Waals surface area contributed by atoms with Crippen molar-refractivity contribution in [3.05, 3.63) is 29.3 Å². The van der Waals surface area contributed by atoms with Crippen LogP contribution in [0.1, 0.15) is 31.0 Å². The third-order valence-corrected chi connectivity index (χ3v) is 5.62. The highest BCUT2D eigenvalue weighted by molar-refractivity contribution is 7.92. The second kappa shape index (κ2) is 3.86. The number of hydrogen-bond donors (Lipinski definition) is 1. The molecule has 0 aliphatic carbocycles. The van der Waals surface area contributed by atoms with Crippen molar-refractivity contribution in [2.24, 2.45) is 0 Å². The van der Waals surface area contributed by atoms with Gasteiger partial charge in [-0.1, -0.05) is 25.1 Å². The van der Waals surface area contributed by atoms with E-state index in [-0.39, 0.29) is 11.3 Å². The molecular formula is C12H17NO2S. The molecule has 4 heteroatoms. The lowest BCUT2D eigenvalue weighted by molar-refractivity contribution is 0.529. The Hall–Kier alpha value is -0.870. The fourth-order valence-corrected chi connectivity index (χ4v) is 4.44. The highest BCUT2D eigenvalue weighted by Crippen LogP contribution is 2.40. The van der Waals surface area contributed by atoms with E-state index in [1.165, 1.54) is 0 Å². The van der Waals surface area contributed by atoms with Gasteiger partial charge in [0, 0.05) is 0 Å². The summed E-state index contributed by atoms with van der Waals surface area (Å²) in [6.45, 7) is 6.41. The Labute approximate surface area is 96.8 Å². The monoisotopic (exact) mass is 239 g/mol. The molecule has 1 heterocycles. The summed E-state index contributed by atoms with van der Waals surface area (Å²) in [4.78, 5) is 0.536. The minimum absolute atomic E-state index is 0.0649. The normalized spacial score (nSPS) is 26.7. The van der Waals surface area contributed by atoms with E-state index >= 15 is 0 Å². The number of aryl methyl sites for hydroxylation is 1. The van der Waals surface area contributed by atoms with Crippen molar-refractivity contribution in [3.63, 3.8) is 0 Å². The Balaban J connectivity index is 2.65. The number of rotatable bonds is 2. The summed E-state index contributed by atoms with van der Waals surface area (Å²) in [5.74, 6) is 0. The van der Waals surface area contributed by atoms with Gasteiger partial charge in [0.15, 0.2) is 9.84 Å². The predicted octanol–water partition coefficient (Wildman–Crippen LogP) is 1.82. The molecule has 0 saturated heterocycles. The summed E-state index contributed by atoms with van der Waals surface area (Å²) in [6, 6.07) is 5.63. The molecule has 88 valence electrons. The molecular weight excluding hydrogens is 222 g/mol. The van der Waals surface area contributed by atoms with Gasteiger partial charge in [0.2, 0.25) is 0 Å². The number of fused-ring (bicyclic) bond motifs is 1. The summed E-state index contributed by atoms with van der Waals surface area (Å²) < 4.78 is 24.5. The fraction of sp³-hybridized carbons (Fsp3) is 0.500. The van der Waals surface area contributed by atoms with Gasteiger partial charge in [-0.05, 0) is 31.5 Å². The van der Waals surface area contributed by atoms with Crippen LogP contribution in [-0.2, 0) is 9.84 Å². The van der Waals surface area contributed by atoms with E-state index in [0.717, 1.165) is 17.7 Å². The molecule has 0 amide bonds. The lowest BCUT2D eigenvalue weighted by Gasteiger charge is -2.15. The number of nitrogens with one attached hydrogen (secondary N) is 1. The smallest absolute Gasteiger partial charge is 0.183 e. The Morgan fingerprint density at radius 1 is 1.38 bits per heavy atom. The minimum Gasteiger partial charge on any atom is -0.309 e. The molecule has 2 rings (SSSR count). The molecule has 0 saturated carbocycles. The minimum atomic E-state index is -3.15. The standard InChI is InChI=1S/C12H17NO2S/c1-4-13-11-9(3)16(14,15)12-8(2)6-5-7-10(11)12/h5-7,9,11,13H,4H2,1-3H3. The van der Waals surface area contributed by atoms with Crippen LogP contribution in [0.2, 0.25) is 0 Å². The van der Waals surface area contributed by atoms with Crippen molar-refractivity contribution in [2.45, 2.75) is 37.0 Å². The van der Waals surface area contributed by atoms with Gasteiger partial charge in [0.1, 0.15) is 0 Å². The molecule has 1 aromatic rings. The maximum atomic E-state index is 12.3. The van der Waals surface area contributed by atoms with E-state index in [1.54, 1.807) is 6.92 Å². The molecule has 1 N–H and O–H groups in total. The van der Waals surface area contributed by atoms with Gasteiger partial charge >= 0.3 is 0 Å². The van der Waals surface area contributed by atoms with E-state index in [0.29, 0.717) is 4.90 Å². The maximum absolute atomic E-state index is 12.3. The van der Waals surface area contributed by atoms with Crippen molar-refractivity contribution in [1.29, 1.82) is 0 Å². The van der Waals surface area contributed by atoms with Crippen LogP contribution in [0.4, 0.5) is 0 Å². The lowest BCUT2D eigenvalue weighted by atomic mass is 10.0. The highest BCUT2D eigenvalue weighted by Gasteiger charge is 2.42. The second-order valence-electron chi connectivity index (χ2n) is 4.28. The molecule has 1 aromatic carbocycles. The van der Waals surface area contributed by atoms with Crippen molar-refractivity contribution in [2.75, 3.05) is 6.54 Å². The third kappa shape index (κ3) is 1.48. The first kappa shape index (κ1) is 11.6. The number of sulfone groups is 1. The van der Waals surface area contributed by atoms with E-state index in [2.05, 4.69) is 5.32 Å². The molecule has 3 nitrogen and oxygen atoms in total. The summed E-state index contributed by atoms with van der Waals surface area (Å²) >= 11 is 0. The van der Waals surface area contributed by atoms with Gasteiger partial charge in [0.05, 0.1) is 16.2 Å². The first-order valence-electron chi connectivity index (χ1n) is 5.57. The van der Waals surface area contributed by atoms with Crippen molar-refractivity contribution in [1.82, 2.24) is 5.32 Å². The summed E-state index contributed by atoms with van der Waals surface area (Å²) in [5.41, 5.74) is 1.78. The molecule has 2 atom stereocenters. The van der Waals surface area contributed by atoms with Gasteiger partial charge < -0.3 is 5.32 Å². The predicted molar refractivity (Wildman–Crippen MR) is 64.2 cm³/mol. The molecule has 16 heavy (non-hydrogen) atoms. The molecule has 1 aliphatic heterocycles. The van der Waals surface area contributed by atoms with Crippen LogP contribution in [0.15, 0.2) is 23.1 Å². The fourth-order valence-electron chi connectivity index (χ4n) is 2.42. The Bertz CT molecular complexity index is 508. The van der Waals surface area contributed by atoms with Gasteiger partial charge in [0.25, 0.3) is 0 Å². The maximum Gasteiger partial charge on any atom is 0.183 e. The third-order valence-electron chi connectivity index (χ3n) is 3.24. The molecule has 2 unspecified atom stereocenters. The first-order valence-corrected chi connectivity index (χ1v) is 7.11. The zero-order chi connectivity index (χ0) is 11.9. The van der Waals surface area contributed by atoms with E-state index in [1.807, 2.05) is 32.0 Å². The topological polar surface area (TPSA) is 46.2 Å². The summed E-state index contributed by atoms with van der Waals surface area (Å²) in [5, 5.41) is 2.88.